The Morgan fingerprint density at radius 1 is 1.19 bits per heavy atom. The number of anilines is 1. The maximum atomic E-state index is 12.0. The molecule has 0 bridgehead atoms. The monoisotopic (exact) mass is 315 g/mol. The van der Waals surface area contributed by atoms with Crippen LogP contribution in [0.1, 0.15) is 4.88 Å². The van der Waals surface area contributed by atoms with E-state index in [-0.39, 0.29) is 0 Å². The van der Waals surface area contributed by atoms with E-state index in [9.17, 15) is 4.21 Å². The SMILES string of the molecule is Nc1ccc(S(=O)Cc2ccc(Br)s2)cc1. The summed E-state index contributed by atoms with van der Waals surface area (Å²) in [6.45, 7) is 0. The number of halogens is 1. The van der Waals surface area contributed by atoms with Gasteiger partial charge in [0.25, 0.3) is 0 Å². The predicted molar refractivity (Wildman–Crippen MR) is 73.0 cm³/mol. The number of hydrogen-bond acceptors (Lipinski definition) is 3. The molecule has 0 fully saturated rings. The average molecular weight is 316 g/mol. The van der Waals surface area contributed by atoms with E-state index in [1.54, 1.807) is 23.5 Å². The zero-order valence-corrected chi connectivity index (χ0v) is 11.6. The molecule has 0 aliphatic carbocycles. The molecular weight excluding hydrogens is 306 g/mol. The van der Waals surface area contributed by atoms with Gasteiger partial charge in [-0.15, -0.1) is 11.3 Å². The van der Waals surface area contributed by atoms with Crippen LogP contribution in [0.5, 0.6) is 0 Å². The Kier molecular flexibility index (Phi) is 3.78. The summed E-state index contributed by atoms with van der Waals surface area (Å²) in [6, 6.07) is 11.1. The number of nitrogens with two attached hydrogens (primary N) is 1. The Morgan fingerprint density at radius 3 is 2.44 bits per heavy atom. The standard InChI is InChI=1S/C11H10BrNOS2/c12-11-6-3-9(15-11)7-16(14)10-4-1-8(13)2-5-10/h1-6H,7,13H2. The number of nitrogen functional groups attached to an aromatic ring is 1. The topological polar surface area (TPSA) is 43.1 Å². The van der Waals surface area contributed by atoms with Crippen molar-refractivity contribution >= 4 is 43.8 Å². The van der Waals surface area contributed by atoms with Gasteiger partial charge >= 0.3 is 0 Å². The van der Waals surface area contributed by atoms with Gasteiger partial charge in [-0.05, 0) is 52.3 Å². The lowest BCUT2D eigenvalue weighted by atomic mass is 10.3. The Morgan fingerprint density at radius 2 is 1.88 bits per heavy atom. The highest BCUT2D eigenvalue weighted by Crippen LogP contribution is 2.24. The van der Waals surface area contributed by atoms with Crippen LogP contribution in [0.3, 0.4) is 0 Å². The molecule has 1 unspecified atom stereocenters. The summed E-state index contributed by atoms with van der Waals surface area (Å²) in [6.07, 6.45) is 0. The van der Waals surface area contributed by atoms with E-state index in [2.05, 4.69) is 15.9 Å². The fraction of sp³-hybridized carbons (Fsp3) is 0.0909. The molecule has 0 aliphatic rings. The van der Waals surface area contributed by atoms with Gasteiger partial charge in [-0.2, -0.15) is 0 Å². The van der Waals surface area contributed by atoms with Crippen molar-refractivity contribution in [1.29, 1.82) is 0 Å². The summed E-state index contributed by atoms with van der Waals surface area (Å²) in [5.41, 5.74) is 6.27. The first kappa shape index (κ1) is 11.8. The maximum Gasteiger partial charge on any atom is 0.0701 e. The third kappa shape index (κ3) is 2.93. The largest absolute Gasteiger partial charge is 0.399 e. The van der Waals surface area contributed by atoms with Gasteiger partial charge in [0, 0.05) is 15.5 Å². The molecule has 2 aromatic rings. The first-order valence-corrected chi connectivity index (χ1v) is 7.56. The molecule has 0 saturated heterocycles. The van der Waals surface area contributed by atoms with Gasteiger partial charge in [-0.1, -0.05) is 0 Å². The normalized spacial score (nSPS) is 12.6. The first-order valence-electron chi connectivity index (χ1n) is 4.63. The lowest BCUT2D eigenvalue weighted by molar-refractivity contribution is 0.683. The average Bonchev–Trinajstić information content (AvgIpc) is 2.65. The van der Waals surface area contributed by atoms with Crippen LogP contribution in [0.2, 0.25) is 0 Å². The molecule has 0 radical (unpaired) electrons. The molecule has 2 nitrogen and oxygen atoms in total. The van der Waals surface area contributed by atoms with Gasteiger partial charge in [-0.3, -0.25) is 4.21 Å². The molecule has 5 heteroatoms. The molecule has 1 atom stereocenters. The van der Waals surface area contributed by atoms with E-state index in [1.807, 2.05) is 24.3 Å². The third-order valence-corrected chi connectivity index (χ3v) is 5.22. The van der Waals surface area contributed by atoms with E-state index >= 15 is 0 Å². The van der Waals surface area contributed by atoms with Crippen LogP contribution in [-0.2, 0) is 16.6 Å². The van der Waals surface area contributed by atoms with Gasteiger partial charge < -0.3 is 5.73 Å². The molecule has 2 rings (SSSR count). The number of benzene rings is 1. The summed E-state index contributed by atoms with van der Waals surface area (Å²) in [5.74, 6) is 0.556. The fourth-order valence-electron chi connectivity index (χ4n) is 1.26. The summed E-state index contributed by atoms with van der Waals surface area (Å²) >= 11 is 5.00. The van der Waals surface area contributed by atoms with Crippen molar-refractivity contribution < 1.29 is 4.21 Å². The molecule has 1 aromatic carbocycles. The van der Waals surface area contributed by atoms with Crippen molar-refractivity contribution in [1.82, 2.24) is 0 Å². The van der Waals surface area contributed by atoms with E-state index in [0.29, 0.717) is 11.4 Å². The molecule has 1 heterocycles. The highest BCUT2D eigenvalue weighted by molar-refractivity contribution is 9.11. The van der Waals surface area contributed by atoms with E-state index in [4.69, 9.17) is 5.73 Å². The van der Waals surface area contributed by atoms with Crippen molar-refractivity contribution in [2.45, 2.75) is 10.6 Å². The van der Waals surface area contributed by atoms with Crippen molar-refractivity contribution in [2.24, 2.45) is 0 Å². The molecular formula is C11H10BrNOS2. The molecule has 0 amide bonds. The van der Waals surface area contributed by atoms with Crippen LogP contribution in [0.15, 0.2) is 45.1 Å². The number of thiophene rings is 1. The summed E-state index contributed by atoms with van der Waals surface area (Å²) < 4.78 is 13.1. The maximum absolute atomic E-state index is 12.0. The van der Waals surface area contributed by atoms with E-state index in [1.165, 1.54) is 0 Å². The Labute approximate surface area is 109 Å². The lowest BCUT2D eigenvalue weighted by Gasteiger charge is -2.00. The Balaban J connectivity index is 2.11. The number of rotatable bonds is 3. The summed E-state index contributed by atoms with van der Waals surface area (Å²) in [4.78, 5) is 1.93. The molecule has 0 saturated carbocycles. The summed E-state index contributed by atoms with van der Waals surface area (Å²) in [5, 5.41) is 0. The zero-order valence-electron chi connectivity index (χ0n) is 8.35. The zero-order chi connectivity index (χ0) is 11.5. The lowest BCUT2D eigenvalue weighted by Crippen LogP contribution is -1.95. The minimum Gasteiger partial charge on any atom is -0.399 e. The van der Waals surface area contributed by atoms with Crippen molar-refractivity contribution in [3.63, 3.8) is 0 Å². The van der Waals surface area contributed by atoms with Crippen LogP contribution in [0, 0.1) is 0 Å². The van der Waals surface area contributed by atoms with Gasteiger partial charge in [0.1, 0.15) is 0 Å². The van der Waals surface area contributed by atoms with Crippen molar-refractivity contribution in [3.05, 3.63) is 45.1 Å². The van der Waals surface area contributed by atoms with Crippen LogP contribution < -0.4 is 5.73 Å². The predicted octanol–water partition coefficient (Wildman–Crippen LogP) is 3.40. The van der Waals surface area contributed by atoms with Crippen molar-refractivity contribution in [3.8, 4) is 0 Å². The second-order valence-corrected chi connectivity index (χ2v) is 7.26. The van der Waals surface area contributed by atoms with Gasteiger partial charge in [0.15, 0.2) is 0 Å². The van der Waals surface area contributed by atoms with E-state index < -0.39 is 10.8 Å². The van der Waals surface area contributed by atoms with Gasteiger partial charge in [-0.25, -0.2) is 0 Å². The Bertz CT molecular complexity index is 507. The van der Waals surface area contributed by atoms with E-state index in [0.717, 1.165) is 13.6 Å². The quantitative estimate of drug-likeness (QED) is 0.882. The minimum atomic E-state index is -0.995. The summed E-state index contributed by atoms with van der Waals surface area (Å²) in [7, 11) is -0.995. The van der Waals surface area contributed by atoms with Gasteiger partial charge in [0.05, 0.1) is 20.3 Å². The van der Waals surface area contributed by atoms with Crippen LogP contribution in [0.4, 0.5) is 5.69 Å². The van der Waals surface area contributed by atoms with Crippen LogP contribution >= 0.6 is 27.3 Å². The van der Waals surface area contributed by atoms with Crippen LogP contribution in [-0.4, -0.2) is 4.21 Å². The number of hydrogen-bond donors (Lipinski definition) is 1. The highest BCUT2D eigenvalue weighted by Gasteiger charge is 2.06. The molecule has 0 aliphatic heterocycles. The molecule has 2 N–H and O–H groups in total. The first-order chi connectivity index (χ1) is 7.65. The second-order valence-electron chi connectivity index (χ2n) is 3.26. The molecule has 16 heavy (non-hydrogen) atoms. The Hall–Kier alpha value is -0.650. The molecule has 1 aromatic heterocycles. The second kappa shape index (κ2) is 5.12. The van der Waals surface area contributed by atoms with Crippen LogP contribution in [0.25, 0.3) is 0 Å². The minimum absolute atomic E-state index is 0.556. The molecule has 84 valence electrons. The highest BCUT2D eigenvalue weighted by atomic mass is 79.9. The third-order valence-electron chi connectivity index (χ3n) is 2.05. The fourth-order valence-corrected chi connectivity index (χ4v) is 4.06. The van der Waals surface area contributed by atoms with Crippen molar-refractivity contribution in [2.75, 3.05) is 5.73 Å². The molecule has 0 spiro atoms. The van der Waals surface area contributed by atoms with Gasteiger partial charge in [0.2, 0.25) is 0 Å². The smallest absolute Gasteiger partial charge is 0.0701 e.